The molecule has 2 nitrogen and oxygen atoms in total. The van der Waals surface area contributed by atoms with Crippen LogP contribution in [0.15, 0.2) is 0 Å². The molecule has 0 aromatic carbocycles. The van der Waals surface area contributed by atoms with Gasteiger partial charge >= 0.3 is 0 Å². The number of hydrogen-bond donors (Lipinski definition) is 1. The maximum atomic E-state index is 5.93. The fraction of sp³-hybridized carbons (Fsp3) is 1.00. The zero-order valence-corrected chi connectivity index (χ0v) is 10.8. The standard InChI is InChI=1S/C13H29NO/c1-4-7-8-9-10-11-15-13(5-2,6-3)12-14/h4-12,14H2,1-3H3. The van der Waals surface area contributed by atoms with Crippen LogP contribution in [0.5, 0.6) is 0 Å². The number of nitrogens with two attached hydrogens (primary N) is 1. The van der Waals surface area contributed by atoms with Crippen molar-refractivity contribution < 1.29 is 4.74 Å². The molecule has 0 radical (unpaired) electrons. The highest BCUT2D eigenvalue weighted by molar-refractivity contribution is 4.78. The summed E-state index contributed by atoms with van der Waals surface area (Å²) in [5, 5.41) is 0. The van der Waals surface area contributed by atoms with Crippen LogP contribution in [0.4, 0.5) is 0 Å². The van der Waals surface area contributed by atoms with Crippen molar-refractivity contribution in [2.45, 2.75) is 71.3 Å². The van der Waals surface area contributed by atoms with E-state index >= 15 is 0 Å². The zero-order chi connectivity index (χ0) is 11.6. The van der Waals surface area contributed by atoms with E-state index in [-0.39, 0.29) is 5.60 Å². The van der Waals surface area contributed by atoms with Gasteiger partial charge in [-0.15, -0.1) is 0 Å². The molecule has 0 saturated carbocycles. The van der Waals surface area contributed by atoms with Gasteiger partial charge in [-0.25, -0.2) is 0 Å². The third kappa shape index (κ3) is 6.16. The van der Waals surface area contributed by atoms with E-state index in [0.717, 1.165) is 19.4 Å². The molecule has 0 aromatic rings. The fourth-order valence-corrected chi connectivity index (χ4v) is 1.80. The second-order valence-corrected chi connectivity index (χ2v) is 4.36. The predicted molar refractivity (Wildman–Crippen MR) is 67.1 cm³/mol. The second-order valence-electron chi connectivity index (χ2n) is 4.36. The third-order valence-corrected chi connectivity index (χ3v) is 3.32. The molecular formula is C13H29NO. The van der Waals surface area contributed by atoms with Crippen molar-refractivity contribution in [3.05, 3.63) is 0 Å². The molecule has 15 heavy (non-hydrogen) atoms. The first-order chi connectivity index (χ1) is 7.24. The Morgan fingerprint density at radius 2 is 1.53 bits per heavy atom. The van der Waals surface area contributed by atoms with E-state index in [1.165, 1.54) is 32.1 Å². The molecule has 0 aliphatic carbocycles. The highest BCUT2D eigenvalue weighted by Crippen LogP contribution is 2.19. The Labute approximate surface area is 95.6 Å². The first kappa shape index (κ1) is 14.9. The zero-order valence-electron chi connectivity index (χ0n) is 10.8. The SMILES string of the molecule is CCCCCCCOC(CC)(CC)CN. The van der Waals surface area contributed by atoms with Crippen LogP contribution < -0.4 is 5.73 Å². The average molecular weight is 215 g/mol. The summed E-state index contributed by atoms with van der Waals surface area (Å²) in [6.07, 6.45) is 8.52. The molecule has 0 rings (SSSR count). The van der Waals surface area contributed by atoms with Crippen LogP contribution in [0.1, 0.15) is 65.7 Å². The smallest absolute Gasteiger partial charge is 0.0798 e. The summed E-state index contributed by atoms with van der Waals surface area (Å²) in [6.45, 7) is 8.09. The number of unbranched alkanes of at least 4 members (excludes halogenated alkanes) is 4. The molecule has 0 spiro atoms. The second kappa shape index (κ2) is 9.17. The summed E-state index contributed by atoms with van der Waals surface area (Å²) < 4.78 is 5.93. The van der Waals surface area contributed by atoms with Crippen LogP contribution in [0.25, 0.3) is 0 Å². The summed E-state index contributed by atoms with van der Waals surface area (Å²) in [5.41, 5.74) is 5.72. The van der Waals surface area contributed by atoms with Crippen LogP contribution in [0, 0.1) is 0 Å². The lowest BCUT2D eigenvalue weighted by atomic mass is 9.97. The first-order valence-corrected chi connectivity index (χ1v) is 6.58. The monoisotopic (exact) mass is 215 g/mol. The number of rotatable bonds is 10. The molecule has 0 bridgehead atoms. The van der Waals surface area contributed by atoms with Gasteiger partial charge in [-0.3, -0.25) is 0 Å². The molecule has 2 heteroatoms. The van der Waals surface area contributed by atoms with Gasteiger partial charge in [0.2, 0.25) is 0 Å². The topological polar surface area (TPSA) is 35.2 Å². The van der Waals surface area contributed by atoms with Crippen molar-refractivity contribution in [2.24, 2.45) is 5.73 Å². The summed E-state index contributed by atoms with van der Waals surface area (Å²) in [6, 6.07) is 0. The van der Waals surface area contributed by atoms with E-state index in [2.05, 4.69) is 20.8 Å². The molecule has 0 aliphatic heterocycles. The largest absolute Gasteiger partial charge is 0.374 e. The third-order valence-electron chi connectivity index (χ3n) is 3.32. The average Bonchev–Trinajstić information content (AvgIpc) is 2.29. The number of ether oxygens (including phenoxy) is 1. The lowest BCUT2D eigenvalue weighted by Crippen LogP contribution is -2.39. The van der Waals surface area contributed by atoms with Crippen LogP contribution in [0.3, 0.4) is 0 Å². The molecule has 0 saturated heterocycles. The van der Waals surface area contributed by atoms with Gasteiger partial charge in [0.15, 0.2) is 0 Å². The lowest BCUT2D eigenvalue weighted by Gasteiger charge is -2.30. The lowest BCUT2D eigenvalue weighted by molar-refractivity contribution is -0.0458. The van der Waals surface area contributed by atoms with Gasteiger partial charge in [-0.1, -0.05) is 46.5 Å². The van der Waals surface area contributed by atoms with Crippen molar-refractivity contribution in [3.63, 3.8) is 0 Å². The van der Waals surface area contributed by atoms with E-state index in [4.69, 9.17) is 10.5 Å². The summed E-state index contributed by atoms with van der Waals surface area (Å²) in [4.78, 5) is 0. The van der Waals surface area contributed by atoms with Gasteiger partial charge in [0.1, 0.15) is 0 Å². The highest BCUT2D eigenvalue weighted by Gasteiger charge is 2.24. The molecule has 0 aliphatic rings. The van der Waals surface area contributed by atoms with Gasteiger partial charge < -0.3 is 10.5 Å². The molecule has 0 atom stereocenters. The molecule has 0 amide bonds. The Kier molecular flexibility index (Phi) is 9.12. The maximum Gasteiger partial charge on any atom is 0.0798 e. The molecule has 0 fully saturated rings. The molecule has 0 aromatic heterocycles. The Morgan fingerprint density at radius 3 is 2.00 bits per heavy atom. The van der Waals surface area contributed by atoms with Gasteiger partial charge in [-0.2, -0.15) is 0 Å². The summed E-state index contributed by atoms with van der Waals surface area (Å²) in [5.74, 6) is 0. The van der Waals surface area contributed by atoms with Crippen molar-refractivity contribution in [1.82, 2.24) is 0 Å². The minimum absolute atomic E-state index is 0.0508. The summed E-state index contributed by atoms with van der Waals surface area (Å²) in [7, 11) is 0. The maximum absolute atomic E-state index is 5.93. The van der Waals surface area contributed by atoms with Crippen molar-refractivity contribution in [1.29, 1.82) is 0 Å². The van der Waals surface area contributed by atoms with Gasteiger partial charge in [-0.05, 0) is 19.3 Å². The van der Waals surface area contributed by atoms with Crippen molar-refractivity contribution in [2.75, 3.05) is 13.2 Å². The van der Waals surface area contributed by atoms with Gasteiger partial charge in [0, 0.05) is 13.2 Å². The van der Waals surface area contributed by atoms with Gasteiger partial charge in [0.05, 0.1) is 5.60 Å². The predicted octanol–water partition coefficient (Wildman–Crippen LogP) is 3.49. The van der Waals surface area contributed by atoms with Crippen molar-refractivity contribution in [3.8, 4) is 0 Å². The van der Waals surface area contributed by atoms with Gasteiger partial charge in [0.25, 0.3) is 0 Å². The van der Waals surface area contributed by atoms with Crippen molar-refractivity contribution >= 4 is 0 Å². The van der Waals surface area contributed by atoms with E-state index in [1.54, 1.807) is 0 Å². The van der Waals surface area contributed by atoms with E-state index in [1.807, 2.05) is 0 Å². The highest BCUT2D eigenvalue weighted by atomic mass is 16.5. The minimum atomic E-state index is -0.0508. The Bertz CT molecular complexity index is 124. The molecule has 0 heterocycles. The van der Waals surface area contributed by atoms with E-state index < -0.39 is 0 Å². The van der Waals surface area contributed by atoms with Crippen LogP contribution in [-0.4, -0.2) is 18.8 Å². The minimum Gasteiger partial charge on any atom is -0.374 e. The molecule has 92 valence electrons. The Balaban J connectivity index is 3.54. The fourth-order valence-electron chi connectivity index (χ4n) is 1.80. The Hall–Kier alpha value is -0.0800. The first-order valence-electron chi connectivity index (χ1n) is 6.58. The van der Waals surface area contributed by atoms with Crippen LogP contribution >= 0.6 is 0 Å². The summed E-state index contributed by atoms with van der Waals surface area (Å²) >= 11 is 0. The van der Waals surface area contributed by atoms with Crippen LogP contribution in [0.2, 0.25) is 0 Å². The van der Waals surface area contributed by atoms with Crippen LogP contribution in [-0.2, 0) is 4.74 Å². The molecule has 2 N–H and O–H groups in total. The van der Waals surface area contributed by atoms with E-state index in [9.17, 15) is 0 Å². The Morgan fingerprint density at radius 1 is 0.933 bits per heavy atom. The molecular weight excluding hydrogens is 186 g/mol. The molecule has 0 unspecified atom stereocenters. The quantitative estimate of drug-likeness (QED) is 0.566. The number of hydrogen-bond acceptors (Lipinski definition) is 2. The normalized spacial score (nSPS) is 12.0. The van der Waals surface area contributed by atoms with E-state index in [0.29, 0.717) is 6.54 Å².